The third-order valence-electron chi connectivity index (χ3n) is 22.8. The molecule has 0 unspecified atom stereocenters. The molecule has 0 radical (unpaired) electrons. The fraction of sp³-hybridized carbons (Fsp3) is 0.570. The van der Waals surface area contributed by atoms with Crippen molar-refractivity contribution in [2.24, 2.45) is 28.9 Å². The molecule has 32 heteroatoms. The summed E-state index contributed by atoms with van der Waals surface area (Å²) in [6.45, 7) is 18.7. The quantitative estimate of drug-likeness (QED) is 0.0316. The zero-order valence-corrected chi connectivity index (χ0v) is 72.0. The molecule has 1 aliphatic heterocycles. The van der Waals surface area contributed by atoms with Crippen LogP contribution in [-0.4, -0.2) is 191 Å². The summed E-state index contributed by atoms with van der Waals surface area (Å²) in [7, 11) is 0. The van der Waals surface area contributed by atoms with Crippen molar-refractivity contribution in [2.45, 2.75) is 269 Å². The smallest absolute Gasteiger partial charge is 0.245 e. The Kier molecular flexibility index (Phi) is 35.7. The summed E-state index contributed by atoms with van der Waals surface area (Å²) >= 11 is 4.03. The van der Waals surface area contributed by atoms with Crippen LogP contribution in [0.4, 0.5) is 0 Å². The van der Waals surface area contributed by atoms with Gasteiger partial charge in [0.25, 0.3) is 0 Å². The number of phenolic OH excluding ortho intramolecular Hbond substituents is 2. The minimum atomic E-state index is -1.77. The number of ketones is 1. The number of aliphatic hydroxyl groups excluding tert-OH is 2. The monoisotopic (exact) mass is 1690 g/mol. The summed E-state index contributed by atoms with van der Waals surface area (Å²) in [6.07, 6.45) is 8.11. The number of hydrogen-bond acceptors (Lipinski definition) is 20. The number of benzene rings is 3. The number of nitrogens with two attached hydrogens (primary N) is 1. The lowest BCUT2D eigenvalue weighted by molar-refractivity contribution is -0.137. The molecule has 17 N–H and O–H groups in total. The Morgan fingerprint density at radius 2 is 1.22 bits per heavy atom. The Bertz CT molecular complexity index is 4330. The van der Waals surface area contributed by atoms with E-state index in [-0.39, 0.29) is 96.5 Å². The molecule has 2 aromatic heterocycles. The lowest BCUT2D eigenvalue weighted by Gasteiger charge is -2.32. The van der Waals surface area contributed by atoms with E-state index in [0.717, 1.165) is 78.3 Å². The summed E-state index contributed by atoms with van der Waals surface area (Å²) in [5.74, 6) is -8.27. The Morgan fingerprint density at radius 3 is 1.82 bits per heavy atom. The first kappa shape index (κ1) is 94.2. The fourth-order valence-electron chi connectivity index (χ4n) is 15.5. The van der Waals surface area contributed by atoms with E-state index in [9.17, 15) is 49.2 Å². The van der Waals surface area contributed by atoms with Crippen LogP contribution in [0.3, 0.4) is 0 Å². The molecule has 0 spiro atoms. The number of carbonyl (C=O) groups excluding carboxylic acids is 12. The van der Waals surface area contributed by atoms with Crippen LogP contribution >= 0.6 is 35.3 Å². The topological polar surface area (TPSA) is 461 Å². The van der Waals surface area contributed by atoms with Gasteiger partial charge in [-0.1, -0.05) is 110 Å². The van der Waals surface area contributed by atoms with Gasteiger partial charge in [0.15, 0.2) is 5.78 Å². The maximum absolute atomic E-state index is 15.3. The Labute approximate surface area is 703 Å². The summed E-state index contributed by atoms with van der Waals surface area (Å²) < 4.78 is 0. The largest absolute Gasteiger partial charge is 0.508 e. The van der Waals surface area contributed by atoms with Gasteiger partial charge in [0.2, 0.25) is 65.0 Å². The molecule has 2 fully saturated rings. The van der Waals surface area contributed by atoms with Crippen molar-refractivity contribution in [1.29, 1.82) is 0 Å². The van der Waals surface area contributed by atoms with E-state index in [1.165, 1.54) is 80.3 Å². The second kappa shape index (κ2) is 44.7. The molecule has 2 saturated carbocycles. The molecule has 8 rings (SSSR count). The van der Waals surface area contributed by atoms with Gasteiger partial charge in [-0.25, -0.2) is 4.98 Å². The Hall–Kier alpha value is -9.24. The van der Waals surface area contributed by atoms with Gasteiger partial charge in [-0.05, 0) is 177 Å². The first-order chi connectivity index (χ1) is 56.0. The summed E-state index contributed by atoms with van der Waals surface area (Å²) in [4.78, 5) is 182. The molecule has 118 heavy (non-hydrogen) atoms. The van der Waals surface area contributed by atoms with Crippen molar-refractivity contribution in [1.82, 2.24) is 63.1 Å². The van der Waals surface area contributed by atoms with E-state index in [1.807, 2.05) is 27.7 Å². The van der Waals surface area contributed by atoms with E-state index in [2.05, 4.69) is 63.1 Å². The average Bonchev–Trinajstić information content (AvgIpc) is 0.960. The van der Waals surface area contributed by atoms with Crippen LogP contribution < -0.4 is 58.9 Å². The molecular weight excluding hydrogens is 1570 g/mol. The molecule has 3 aromatic carbocycles. The third kappa shape index (κ3) is 27.1. The minimum absolute atomic E-state index is 0.00556. The van der Waals surface area contributed by atoms with Crippen molar-refractivity contribution in [3.63, 3.8) is 0 Å². The zero-order valence-electron chi connectivity index (χ0n) is 69.6. The lowest BCUT2D eigenvalue weighted by Crippen LogP contribution is -2.62. The number of thioether (sulfide) groups is 3. The fourth-order valence-corrected chi connectivity index (χ4v) is 19.1. The van der Waals surface area contributed by atoms with Gasteiger partial charge in [-0.3, -0.25) is 57.5 Å². The van der Waals surface area contributed by atoms with E-state index >= 15 is 28.8 Å². The number of aliphatic hydroxyl groups is 2. The van der Waals surface area contributed by atoms with Gasteiger partial charge >= 0.3 is 0 Å². The van der Waals surface area contributed by atoms with Gasteiger partial charge < -0.3 is 84.3 Å². The number of hydrogen-bond donors (Lipinski definition) is 16. The number of aromatic nitrogens is 2. The molecule has 0 saturated heterocycles. The number of nitrogens with one attached hydrogen (secondary N) is 11. The van der Waals surface area contributed by atoms with E-state index in [0.29, 0.717) is 52.7 Å². The second-order valence-electron chi connectivity index (χ2n) is 32.9. The summed E-state index contributed by atoms with van der Waals surface area (Å²) in [5.41, 5.74) is 12.3. The van der Waals surface area contributed by atoms with Crippen molar-refractivity contribution in [3.05, 3.63) is 123 Å². The first-order valence-electron chi connectivity index (χ1n) is 41.0. The highest BCUT2D eigenvalue weighted by Gasteiger charge is 2.41. The number of aromatic amines is 1. The predicted octanol–water partition coefficient (Wildman–Crippen LogP) is 6.06. The standard InChI is InChI=1S/C86H121N13O16S3/c1-12-19-64-78(108)96-70(82(112)91-65(50(6)100)36-54-25-29-58(103)30-26-54)45-118-43-63-48(4)61(47(3)62(49(63)5)42-117-44-69(75(87)106)95-84(114)72(51(7)101)98-77(107)46(2)56-22-14-13-15-23-56)41-116-35-33-71(105)97-74(86(9,10)11)85(115)94-66(38-55-27-31-59(104)32-28-55)79(109)92-67(37-53-20-16-17-21-53)81(111)99-73(52(8)102)83(113)93-68(80(110)90-64)39-57-40-89-76-60(57)24-18-34-88-76/h18,24-32,34,40,46,51-53,56,64-70,72-74,101-104H,12-17,19-23,33,35-39,41-45H2,1-11H3,(H2,87,106)(H,88,89)(H,90,110)(H,91,112)(H,92,109)(H,93,113)(H,94,115)(H,95,114)(H,96,108)(H,97,105)(H,98,107)(H,99,111)/t46-,51+,52+,64-,65-,66-,67-,68-,69-,70-,72-,73-,74+/m0/s1. The number of fused-ring (bicyclic) bond motifs is 3. The number of rotatable bonds is 25. The number of primary amides is 1. The summed E-state index contributed by atoms with van der Waals surface area (Å²) in [6, 6.07) is 1.72. The number of carbonyl (C=O) groups is 12. The van der Waals surface area contributed by atoms with E-state index in [4.69, 9.17) is 5.73 Å². The van der Waals surface area contributed by atoms with Gasteiger partial charge in [0.1, 0.15) is 71.5 Å². The number of Topliss-reactive ketones (excluding diaryl/α,β-unsaturated/α-hetero) is 1. The van der Waals surface area contributed by atoms with Gasteiger partial charge in [0.05, 0.1) is 18.2 Å². The predicted molar refractivity (Wildman–Crippen MR) is 456 cm³/mol. The average molecular weight is 1690 g/mol. The molecular formula is C86H121N13O16S3. The zero-order chi connectivity index (χ0) is 86.2. The van der Waals surface area contributed by atoms with Gasteiger partial charge in [-0.2, -0.15) is 35.3 Å². The van der Waals surface area contributed by atoms with Gasteiger partial charge in [0, 0.05) is 77.5 Å². The molecule has 2 aliphatic carbocycles. The molecule has 29 nitrogen and oxygen atoms in total. The van der Waals surface area contributed by atoms with Crippen LogP contribution in [0.15, 0.2) is 73.1 Å². The molecule has 644 valence electrons. The molecule has 5 aromatic rings. The second-order valence-corrected chi connectivity index (χ2v) is 36.1. The maximum atomic E-state index is 15.3. The highest BCUT2D eigenvalue weighted by Crippen LogP contribution is 2.36. The van der Waals surface area contributed by atoms with Gasteiger partial charge in [-0.15, -0.1) is 0 Å². The third-order valence-corrected chi connectivity index (χ3v) is 25.9. The molecule has 3 heterocycles. The maximum Gasteiger partial charge on any atom is 0.245 e. The number of aromatic hydroxyl groups is 2. The van der Waals surface area contributed by atoms with E-state index in [1.54, 1.807) is 76.5 Å². The van der Waals surface area contributed by atoms with Crippen LogP contribution in [0.5, 0.6) is 11.5 Å². The number of pyridine rings is 1. The minimum Gasteiger partial charge on any atom is -0.508 e. The first-order valence-corrected chi connectivity index (χ1v) is 44.5. The molecule has 2 bridgehead atoms. The van der Waals surface area contributed by atoms with Crippen molar-refractivity contribution >= 4 is 117 Å². The molecule has 11 amide bonds. The molecule has 3 aliphatic rings. The number of nitrogens with zero attached hydrogens (tertiary/aromatic N) is 1. The number of H-pyrrole nitrogens is 1. The van der Waals surface area contributed by atoms with Crippen molar-refractivity contribution < 1.29 is 78.0 Å². The highest BCUT2D eigenvalue weighted by atomic mass is 32.2. The van der Waals surface area contributed by atoms with Crippen LogP contribution in [0.2, 0.25) is 0 Å². The van der Waals surface area contributed by atoms with Crippen LogP contribution in [0, 0.1) is 43.9 Å². The lowest BCUT2D eigenvalue weighted by atomic mass is 9.80. The SMILES string of the molecule is CCC[C@@H]1NC(=O)[C@H](Cc2c[nH]c3ncccc23)NC(=O)[C@H]([C@@H](C)O)NC(=O)[C@H](CC2CCCC2)NC(=O)[C@H](Cc2ccc(O)cc2)NC(=O)[C@H](C(C)(C)C)NC(=O)CCSCc2c(C)c(CSC[C@H](NC(=O)[C@@H](NC(=O)[C@@H](C)C3CCCCC3)[C@@H](C)O)C(N)=O)c(C)c(c2C)CSC[C@@H](C(=O)N[C@@H](Cc2ccc(O)cc2)C(C)=O)NC1=O. The molecule has 13 atom stereocenters. The number of phenols is 2. The Balaban J connectivity index is 1.18. The summed E-state index contributed by atoms with van der Waals surface area (Å²) in [5, 5.41) is 71.5. The highest BCUT2D eigenvalue weighted by molar-refractivity contribution is 7.99. The van der Waals surface area contributed by atoms with Crippen molar-refractivity contribution in [2.75, 3.05) is 17.3 Å². The van der Waals surface area contributed by atoms with Crippen LogP contribution in [0.1, 0.15) is 189 Å². The van der Waals surface area contributed by atoms with Crippen LogP contribution in [0.25, 0.3) is 11.0 Å². The normalized spacial score (nSPS) is 22.2. The Morgan fingerprint density at radius 1 is 0.644 bits per heavy atom. The van der Waals surface area contributed by atoms with E-state index < -0.39 is 149 Å². The number of amides is 11. The van der Waals surface area contributed by atoms with Crippen molar-refractivity contribution in [3.8, 4) is 11.5 Å². The van der Waals surface area contributed by atoms with Crippen LogP contribution in [-0.2, 0) is 94.1 Å².